The predicted octanol–water partition coefficient (Wildman–Crippen LogP) is 1.82. The Morgan fingerprint density at radius 1 is 1.25 bits per heavy atom. The van der Waals surface area contributed by atoms with E-state index in [-0.39, 0.29) is 18.4 Å². The number of benzene rings is 1. The average molecular weight is 383 g/mol. The second kappa shape index (κ2) is 7.95. The molecule has 1 aromatic carbocycles. The van der Waals surface area contributed by atoms with Crippen molar-refractivity contribution in [3.8, 4) is 5.75 Å². The van der Waals surface area contributed by atoms with Gasteiger partial charge in [0.25, 0.3) is 11.8 Å². The van der Waals surface area contributed by atoms with Gasteiger partial charge in [0.1, 0.15) is 11.4 Å². The monoisotopic (exact) mass is 383 g/mol. The molecule has 2 aromatic rings. The summed E-state index contributed by atoms with van der Waals surface area (Å²) in [5, 5.41) is 8.13. The van der Waals surface area contributed by atoms with Gasteiger partial charge in [0, 0.05) is 32.5 Å². The molecular formula is C19H21N5O4. The lowest BCUT2D eigenvalue weighted by atomic mass is 10.2. The molecular weight excluding hydrogens is 362 g/mol. The fraction of sp³-hybridized carbons (Fsp3) is 0.263. The first kappa shape index (κ1) is 19.2. The number of nitrogens with one attached hydrogen (secondary N) is 3. The number of ether oxygens (including phenoxy) is 1. The average Bonchev–Trinajstić information content (AvgIpc) is 2.67. The molecule has 0 bridgehead atoms. The van der Waals surface area contributed by atoms with E-state index < -0.39 is 12.1 Å². The van der Waals surface area contributed by atoms with Crippen LogP contribution in [0.2, 0.25) is 0 Å². The van der Waals surface area contributed by atoms with Crippen molar-refractivity contribution in [2.24, 2.45) is 0 Å². The number of aromatic nitrogens is 1. The Bertz CT molecular complexity index is 911. The molecule has 9 nitrogen and oxygen atoms in total. The van der Waals surface area contributed by atoms with E-state index in [2.05, 4.69) is 20.9 Å². The van der Waals surface area contributed by atoms with Gasteiger partial charge >= 0.3 is 6.03 Å². The zero-order chi connectivity index (χ0) is 20.3. The van der Waals surface area contributed by atoms with E-state index in [4.69, 9.17) is 4.74 Å². The van der Waals surface area contributed by atoms with Crippen LogP contribution in [0.4, 0.5) is 16.2 Å². The minimum atomic E-state index is -0.553. The Kier molecular flexibility index (Phi) is 5.44. The number of fused-ring (bicyclic) bond motifs is 1. The SMILES string of the molecule is CC1Oc2ccc(NC(=O)NCc3ccc(C(=O)N(C)C)nc3)cc2NC1=O. The number of pyridine rings is 1. The smallest absolute Gasteiger partial charge is 0.319 e. The number of urea groups is 1. The molecule has 9 heteroatoms. The molecule has 1 aliphatic heterocycles. The molecule has 0 fully saturated rings. The molecule has 1 unspecified atom stereocenters. The van der Waals surface area contributed by atoms with Crippen LogP contribution in [0.15, 0.2) is 36.5 Å². The van der Waals surface area contributed by atoms with Gasteiger partial charge in [-0.2, -0.15) is 0 Å². The lowest BCUT2D eigenvalue weighted by Crippen LogP contribution is -2.34. The summed E-state index contributed by atoms with van der Waals surface area (Å²) in [5.74, 6) is 0.129. The maximum absolute atomic E-state index is 12.1. The third-order valence-electron chi connectivity index (χ3n) is 4.07. The van der Waals surface area contributed by atoms with Gasteiger partial charge in [-0.15, -0.1) is 0 Å². The molecule has 1 atom stereocenters. The van der Waals surface area contributed by atoms with Crippen LogP contribution in [0.3, 0.4) is 0 Å². The standard InChI is InChI=1S/C19H21N5O4/c1-11-17(25)23-15-8-13(5-7-16(15)28-11)22-19(27)21-10-12-4-6-14(20-9-12)18(26)24(2)3/h4-9,11H,10H2,1-3H3,(H,23,25)(H2,21,22,27). The van der Waals surface area contributed by atoms with Crippen LogP contribution in [0, 0.1) is 0 Å². The van der Waals surface area contributed by atoms with E-state index in [0.717, 1.165) is 5.56 Å². The molecule has 0 aliphatic carbocycles. The van der Waals surface area contributed by atoms with Crippen molar-refractivity contribution in [2.75, 3.05) is 24.7 Å². The third kappa shape index (κ3) is 4.37. The molecule has 0 saturated heterocycles. The van der Waals surface area contributed by atoms with Crippen LogP contribution in [0.25, 0.3) is 0 Å². The first-order valence-corrected chi connectivity index (χ1v) is 8.66. The number of hydrogen-bond donors (Lipinski definition) is 3. The number of hydrogen-bond acceptors (Lipinski definition) is 5. The van der Waals surface area contributed by atoms with Gasteiger partial charge in [0.15, 0.2) is 6.10 Å². The summed E-state index contributed by atoms with van der Waals surface area (Å²) in [6.07, 6.45) is 0.992. The van der Waals surface area contributed by atoms with Gasteiger partial charge in [0.2, 0.25) is 0 Å². The first-order chi connectivity index (χ1) is 13.3. The highest BCUT2D eigenvalue weighted by Crippen LogP contribution is 2.32. The fourth-order valence-electron chi connectivity index (χ4n) is 2.53. The van der Waals surface area contributed by atoms with Crippen LogP contribution < -0.4 is 20.7 Å². The lowest BCUT2D eigenvalue weighted by molar-refractivity contribution is -0.122. The molecule has 3 N–H and O–H groups in total. The Morgan fingerprint density at radius 2 is 2.04 bits per heavy atom. The second-order valence-corrected chi connectivity index (χ2v) is 6.52. The second-order valence-electron chi connectivity index (χ2n) is 6.52. The van der Waals surface area contributed by atoms with Crippen molar-refractivity contribution in [3.05, 3.63) is 47.8 Å². The zero-order valence-corrected chi connectivity index (χ0v) is 15.8. The van der Waals surface area contributed by atoms with Crippen molar-refractivity contribution >= 4 is 29.2 Å². The quantitative estimate of drug-likeness (QED) is 0.746. The van der Waals surface area contributed by atoms with Gasteiger partial charge in [-0.25, -0.2) is 4.79 Å². The molecule has 0 spiro atoms. The van der Waals surface area contributed by atoms with Crippen molar-refractivity contribution in [3.63, 3.8) is 0 Å². The Morgan fingerprint density at radius 3 is 2.71 bits per heavy atom. The zero-order valence-electron chi connectivity index (χ0n) is 15.8. The number of carbonyl (C=O) groups is 3. The lowest BCUT2D eigenvalue weighted by Gasteiger charge is -2.23. The van der Waals surface area contributed by atoms with Gasteiger partial charge in [-0.05, 0) is 36.8 Å². The topological polar surface area (TPSA) is 113 Å². The highest BCUT2D eigenvalue weighted by molar-refractivity contribution is 5.99. The highest BCUT2D eigenvalue weighted by atomic mass is 16.5. The molecule has 1 aliphatic rings. The third-order valence-corrected chi connectivity index (χ3v) is 4.07. The minimum absolute atomic E-state index is 0.185. The van der Waals surface area contributed by atoms with Crippen LogP contribution in [0.5, 0.6) is 5.75 Å². The predicted molar refractivity (Wildman–Crippen MR) is 103 cm³/mol. The van der Waals surface area contributed by atoms with E-state index in [1.165, 1.54) is 4.90 Å². The molecule has 3 rings (SSSR count). The van der Waals surface area contributed by atoms with Crippen LogP contribution in [0.1, 0.15) is 23.0 Å². The number of anilines is 2. The maximum atomic E-state index is 12.1. The van der Waals surface area contributed by atoms with Gasteiger partial charge < -0.3 is 25.6 Å². The summed E-state index contributed by atoms with van der Waals surface area (Å²) in [4.78, 5) is 41.2. The van der Waals surface area contributed by atoms with E-state index in [1.54, 1.807) is 57.5 Å². The number of carbonyl (C=O) groups excluding carboxylic acids is 3. The van der Waals surface area contributed by atoms with Crippen molar-refractivity contribution in [1.29, 1.82) is 0 Å². The maximum Gasteiger partial charge on any atom is 0.319 e. The number of rotatable bonds is 4. The Balaban J connectivity index is 1.56. The molecule has 4 amide bonds. The molecule has 0 saturated carbocycles. The Hall–Kier alpha value is -3.62. The summed E-state index contributed by atoms with van der Waals surface area (Å²) in [6.45, 7) is 1.91. The van der Waals surface area contributed by atoms with Crippen molar-refractivity contribution < 1.29 is 19.1 Å². The van der Waals surface area contributed by atoms with E-state index in [9.17, 15) is 14.4 Å². The van der Waals surface area contributed by atoms with Crippen molar-refractivity contribution in [2.45, 2.75) is 19.6 Å². The van der Waals surface area contributed by atoms with Crippen LogP contribution >= 0.6 is 0 Å². The summed E-state index contributed by atoms with van der Waals surface area (Å²) >= 11 is 0. The number of amides is 4. The summed E-state index contributed by atoms with van der Waals surface area (Å²) in [5.41, 5.74) is 2.11. The Labute approximate surface area is 162 Å². The molecule has 0 radical (unpaired) electrons. The van der Waals surface area contributed by atoms with Gasteiger partial charge in [0.05, 0.1) is 5.69 Å². The summed E-state index contributed by atoms with van der Waals surface area (Å²) in [7, 11) is 3.31. The van der Waals surface area contributed by atoms with E-state index >= 15 is 0 Å². The normalized spacial score (nSPS) is 15.0. The molecule has 146 valence electrons. The van der Waals surface area contributed by atoms with Gasteiger partial charge in [-0.1, -0.05) is 6.07 Å². The minimum Gasteiger partial charge on any atom is -0.479 e. The van der Waals surface area contributed by atoms with E-state index in [0.29, 0.717) is 22.8 Å². The molecule has 28 heavy (non-hydrogen) atoms. The summed E-state index contributed by atoms with van der Waals surface area (Å²) in [6, 6.07) is 7.94. The van der Waals surface area contributed by atoms with E-state index in [1.807, 2.05) is 0 Å². The molecule has 1 aromatic heterocycles. The van der Waals surface area contributed by atoms with Crippen LogP contribution in [-0.4, -0.2) is 47.9 Å². The summed E-state index contributed by atoms with van der Waals surface area (Å²) < 4.78 is 5.48. The highest BCUT2D eigenvalue weighted by Gasteiger charge is 2.23. The largest absolute Gasteiger partial charge is 0.479 e. The number of nitrogens with zero attached hydrogens (tertiary/aromatic N) is 2. The fourth-order valence-corrected chi connectivity index (χ4v) is 2.53. The first-order valence-electron chi connectivity index (χ1n) is 8.66. The van der Waals surface area contributed by atoms with Crippen LogP contribution in [-0.2, 0) is 11.3 Å². The molecule has 2 heterocycles. The van der Waals surface area contributed by atoms with Gasteiger partial charge in [-0.3, -0.25) is 14.6 Å². The van der Waals surface area contributed by atoms with Crippen molar-refractivity contribution in [1.82, 2.24) is 15.2 Å².